The second-order valence-electron chi connectivity index (χ2n) is 6.57. The molecule has 0 atom stereocenters. The largest absolute Gasteiger partial charge is 0.477 e. The highest BCUT2D eigenvalue weighted by Gasteiger charge is 2.31. The molecule has 0 aromatic carbocycles. The number of amides is 2. The number of piperazine rings is 1. The monoisotopic (exact) mass is 365 g/mol. The van der Waals surface area contributed by atoms with Crippen LogP contribution in [-0.4, -0.2) is 64.9 Å². The van der Waals surface area contributed by atoms with Crippen LogP contribution in [0, 0.1) is 0 Å². The van der Waals surface area contributed by atoms with Gasteiger partial charge in [-0.2, -0.15) is 0 Å². The van der Waals surface area contributed by atoms with E-state index >= 15 is 0 Å². The summed E-state index contributed by atoms with van der Waals surface area (Å²) in [6.45, 7) is 2.39. The number of carboxylic acids is 1. The molecule has 1 aliphatic carbocycles. The fourth-order valence-electron chi connectivity index (χ4n) is 3.57. The molecule has 136 valence electrons. The number of carboxylic acid groups (broad SMARTS) is 1. The Bertz CT molecular complexity index is 654. The first kappa shape index (κ1) is 17.9. The van der Waals surface area contributed by atoms with Crippen LogP contribution in [0.5, 0.6) is 0 Å². The summed E-state index contributed by atoms with van der Waals surface area (Å²) in [4.78, 5) is 39.6. The van der Waals surface area contributed by atoms with E-state index in [9.17, 15) is 14.4 Å². The summed E-state index contributed by atoms with van der Waals surface area (Å²) in [5, 5.41) is 13.3. The zero-order valence-corrected chi connectivity index (χ0v) is 14.9. The van der Waals surface area contributed by atoms with Crippen LogP contribution >= 0.6 is 11.3 Å². The Labute approximate surface area is 150 Å². The van der Waals surface area contributed by atoms with E-state index in [4.69, 9.17) is 5.11 Å². The lowest BCUT2D eigenvalue weighted by Crippen LogP contribution is -2.53. The van der Waals surface area contributed by atoms with Gasteiger partial charge >= 0.3 is 5.97 Å². The lowest BCUT2D eigenvalue weighted by molar-refractivity contribution is -0.139. The molecule has 0 spiro atoms. The van der Waals surface area contributed by atoms with Crippen molar-refractivity contribution in [1.82, 2.24) is 9.80 Å². The summed E-state index contributed by atoms with van der Waals surface area (Å²) in [6, 6.07) is 2.00. The minimum atomic E-state index is -1.04. The Morgan fingerprint density at radius 3 is 2.72 bits per heavy atom. The molecule has 7 nitrogen and oxygen atoms in total. The third kappa shape index (κ3) is 4.38. The number of hydrogen-bond donors (Lipinski definition) is 2. The van der Waals surface area contributed by atoms with Crippen molar-refractivity contribution in [3.8, 4) is 0 Å². The molecular weight excluding hydrogens is 342 g/mol. The molecule has 1 saturated heterocycles. The van der Waals surface area contributed by atoms with E-state index in [1.165, 1.54) is 12.8 Å². The summed E-state index contributed by atoms with van der Waals surface area (Å²) in [5.41, 5.74) is 0.338. The molecule has 25 heavy (non-hydrogen) atoms. The molecule has 2 amide bonds. The summed E-state index contributed by atoms with van der Waals surface area (Å²) in [5.74, 6) is -1.12. The van der Waals surface area contributed by atoms with Crippen LogP contribution in [0.1, 0.15) is 41.8 Å². The molecular formula is C17H23N3O4S. The lowest BCUT2D eigenvalue weighted by atomic mass is 10.1. The Morgan fingerprint density at radius 2 is 2.04 bits per heavy atom. The second kappa shape index (κ2) is 7.97. The van der Waals surface area contributed by atoms with Crippen LogP contribution in [-0.2, 0) is 9.59 Å². The molecule has 2 aliphatic rings. The van der Waals surface area contributed by atoms with E-state index in [-0.39, 0.29) is 23.1 Å². The van der Waals surface area contributed by atoms with E-state index in [1.807, 2.05) is 9.80 Å². The van der Waals surface area contributed by atoms with Crippen LogP contribution in [0.15, 0.2) is 11.4 Å². The molecule has 1 aliphatic heterocycles. The zero-order valence-electron chi connectivity index (χ0n) is 14.1. The number of rotatable bonds is 6. The maximum absolute atomic E-state index is 12.3. The molecule has 2 heterocycles. The van der Waals surface area contributed by atoms with E-state index in [2.05, 4.69) is 5.32 Å². The average Bonchev–Trinajstić information content (AvgIpc) is 3.24. The highest BCUT2D eigenvalue weighted by atomic mass is 32.1. The smallest absolute Gasteiger partial charge is 0.348 e. The number of nitrogens with one attached hydrogen (secondary N) is 1. The first-order valence-corrected chi connectivity index (χ1v) is 9.55. The van der Waals surface area contributed by atoms with Crippen molar-refractivity contribution >= 4 is 34.8 Å². The maximum atomic E-state index is 12.3. The Hall–Kier alpha value is -1.93. The highest BCUT2D eigenvalue weighted by molar-refractivity contribution is 7.12. The van der Waals surface area contributed by atoms with Gasteiger partial charge in [-0.15, -0.1) is 11.3 Å². The van der Waals surface area contributed by atoms with Crippen molar-refractivity contribution in [3.05, 3.63) is 16.3 Å². The van der Waals surface area contributed by atoms with Crippen molar-refractivity contribution in [2.75, 3.05) is 31.5 Å². The third-order valence-corrected chi connectivity index (χ3v) is 5.79. The van der Waals surface area contributed by atoms with Gasteiger partial charge in [-0.25, -0.2) is 4.79 Å². The number of aromatic carboxylic acids is 1. The van der Waals surface area contributed by atoms with Gasteiger partial charge in [0.25, 0.3) is 0 Å². The fraction of sp³-hybridized carbons (Fsp3) is 0.588. The minimum absolute atomic E-state index is 0.133. The summed E-state index contributed by atoms with van der Waals surface area (Å²) >= 11 is 1.08. The van der Waals surface area contributed by atoms with Gasteiger partial charge in [0.05, 0.1) is 12.2 Å². The molecule has 0 radical (unpaired) electrons. The van der Waals surface area contributed by atoms with Crippen LogP contribution in [0.4, 0.5) is 5.69 Å². The van der Waals surface area contributed by atoms with E-state index in [0.717, 1.165) is 37.3 Å². The number of carbonyl (C=O) groups is 3. The number of hydrogen-bond acceptors (Lipinski definition) is 5. The molecule has 0 bridgehead atoms. The molecule has 8 heteroatoms. The fourth-order valence-corrected chi connectivity index (χ4v) is 4.26. The van der Waals surface area contributed by atoms with E-state index < -0.39 is 5.97 Å². The minimum Gasteiger partial charge on any atom is -0.477 e. The molecule has 0 unspecified atom stereocenters. The van der Waals surface area contributed by atoms with Crippen LogP contribution in [0.3, 0.4) is 0 Å². The topological polar surface area (TPSA) is 90.0 Å². The van der Waals surface area contributed by atoms with Gasteiger partial charge < -0.3 is 15.3 Å². The lowest BCUT2D eigenvalue weighted by Gasteiger charge is -2.37. The molecule has 2 N–H and O–H groups in total. The first-order chi connectivity index (χ1) is 12.0. The second-order valence-corrected chi connectivity index (χ2v) is 7.48. The predicted octanol–water partition coefficient (Wildman–Crippen LogP) is 1.86. The molecule has 3 rings (SSSR count). The van der Waals surface area contributed by atoms with Gasteiger partial charge in [0.1, 0.15) is 4.88 Å². The van der Waals surface area contributed by atoms with Gasteiger partial charge in [-0.05, 0) is 24.3 Å². The van der Waals surface area contributed by atoms with Gasteiger partial charge in [0, 0.05) is 32.1 Å². The van der Waals surface area contributed by atoms with Crippen molar-refractivity contribution < 1.29 is 19.5 Å². The van der Waals surface area contributed by atoms with Crippen LogP contribution in [0.2, 0.25) is 0 Å². The van der Waals surface area contributed by atoms with Gasteiger partial charge in [-0.1, -0.05) is 12.8 Å². The predicted molar refractivity (Wildman–Crippen MR) is 94.9 cm³/mol. The number of nitrogens with zero attached hydrogens (tertiary/aromatic N) is 2. The number of thiophene rings is 1. The summed E-state index contributed by atoms with van der Waals surface area (Å²) in [6.07, 6.45) is 4.88. The number of anilines is 1. The Kier molecular flexibility index (Phi) is 5.70. The van der Waals surface area contributed by atoms with Crippen molar-refractivity contribution in [1.29, 1.82) is 0 Å². The third-order valence-electron chi connectivity index (χ3n) is 4.89. The normalized spacial score (nSPS) is 19.4. The maximum Gasteiger partial charge on any atom is 0.348 e. The van der Waals surface area contributed by atoms with Crippen molar-refractivity contribution in [3.63, 3.8) is 0 Å². The quantitative estimate of drug-likeness (QED) is 0.803. The first-order valence-electron chi connectivity index (χ1n) is 8.67. The van der Waals surface area contributed by atoms with Crippen LogP contribution in [0.25, 0.3) is 0 Å². The van der Waals surface area contributed by atoms with Crippen molar-refractivity contribution in [2.45, 2.75) is 38.1 Å². The average molecular weight is 365 g/mol. The highest BCUT2D eigenvalue weighted by Crippen LogP contribution is 2.25. The SMILES string of the molecule is O=C(CCN1CCN(C2CCCC2)C(=O)C1)Nc1ccsc1C(=O)O. The summed E-state index contributed by atoms with van der Waals surface area (Å²) < 4.78 is 0. The zero-order chi connectivity index (χ0) is 17.8. The molecule has 1 saturated carbocycles. The summed E-state index contributed by atoms with van der Waals surface area (Å²) in [7, 11) is 0. The Balaban J connectivity index is 1.44. The van der Waals surface area contributed by atoms with Gasteiger partial charge in [0.2, 0.25) is 11.8 Å². The standard InChI is InChI=1S/C17H23N3O4S/c21-14(18-13-6-10-25-16(13)17(23)24)5-7-19-8-9-20(15(22)11-19)12-3-1-2-4-12/h6,10,12H,1-5,7-9,11H2,(H,18,21)(H,23,24). The van der Waals surface area contributed by atoms with Gasteiger partial charge in [-0.3, -0.25) is 14.5 Å². The Morgan fingerprint density at radius 1 is 1.28 bits per heavy atom. The molecule has 1 aromatic rings. The van der Waals surface area contributed by atoms with Gasteiger partial charge in [0.15, 0.2) is 0 Å². The molecule has 1 aromatic heterocycles. The van der Waals surface area contributed by atoms with E-state index in [1.54, 1.807) is 11.4 Å². The van der Waals surface area contributed by atoms with Crippen LogP contribution < -0.4 is 5.32 Å². The number of carbonyl (C=O) groups excluding carboxylic acids is 2. The molecule has 2 fully saturated rings. The van der Waals surface area contributed by atoms with E-state index in [0.29, 0.717) is 24.8 Å². The van der Waals surface area contributed by atoms with Crippen molar-refractivity contribution in [2.24, 2.45) is 0 Å².